The summed E-state index contributed by atoms with van der Waals surface area (Å²) in [6.45, 7) is 10.4. The van der Waals surface area contributed by atoms with Crippen LogP contribution in [-0.2, 0) is 47.6 Å². The average Bonchev–Trinajstić information content (AvgIpc) is 2.88. The zero-order valence-electron chi connectivity index (χ0n) is 25.2. The Labute approximate surface area is 245 Å². The van der Waals surface area contributed by atoms with Crippen LogP contribution in [0.4, 0.5) is 4.79 Å². The van der Waals surface area contributed by atoms with E-state index in [1.54, 1.807) is 27.9 Å². The molecule has 0 aromatic carbocycles. The van der Waals surface area contributed by atoms with Gasteiger partial charge in [0.1, 0.15) is 18.3 Å². The fraction of sp³-hybridized carbons (Fsp3) is 0.655. The first-order valence-electron chi connectivity index (χ1n) is 14.0. The molecule has 2 aliphatic heterocycles. The van der Waals surface area contributed by atoms with Gasteiger partial charge in [-0.1, -0.05) is 0 Å². The summed E-state index contributed by atoms with van der Waals surface area (Å²) in [4.78, 5) is 62.8. The molecule has 1 aromatic rings. The van der Waals surface area contributed by atoms with Crippen LogP contribution < -0.4 is 4.57 Å². The van der Waals surface area contributed by atoms with E-state index in [1.807, 2.05) is 26.8 Å². The molecule has 0 radical (unpaired) electrons. The quantitative estimate of drug-likeness (QED) is 0.261. The Balaban J connectivity index is 2.05. The lowest BCUT2D eigenvalue weighted by atomic mass is 9.95. The highest BCUT2D eigenvalue weighted by Crippen LogP contribution is 2.34. The molecular weight excluding hydrogens is 552 g/mol. The summed E-state index contributed by atoms with van der Waals surface area (Å²) >= 11 is 0. The molecule has 3 rings (SSSR count). The van der Waals surface area contributed by atoms with Crippen molar-refractivity contribution >= 4 is 30.0 Å². The van der Waals surface area contributed by atoms with Gasteiger partial charge >= 0.3 is 36.2 Å². The summed E-state index contributed by atoms with van der Waals surface area (Å²) in [5.74, 6) is -2.71. The highest BCUT2D eigenvalue weighted by molar-refractivity contribution is 5.69. The van der Waals surface area contributed by atoms with E-state index in [9.17, 15) is 24.0 Å². The number of hydrogen-bond donors (Lipinski definition) is 0. The molecule has 0 spiro atoms. The molecule has 0 saturated carbocycles. The Morgan fingerprint density at radius 2 is 1.52 bits per heavy atom. The number of rotatable bonds is 7. The maximum absolute atomic E-state index is 13.1. The Kier molecular flexibility index (Phi) is 10.9. The zero-order valence-corrected chi connectivity index (χ0v) is 25.2. The molecule has 0 N–H and O–H groups in total. The predicted molar refractivity (Wildman–Crippen MR) is 143 cm³/mol. The second-order valence-electron chi connectivity index (χ2n) is 11.4. The number of piperidine rings is 1. The monoisotopic (exact) mass is 593 g/mol. The molecule has 42 heavy (non-hydrogen) atoms. The molecule has 6 atom stereocenters. The number of nitrogens with zero attached hydrogens (tertiary/aromatic N) is 2. The van der Waals surface area contributed by atoms with Crippen molar-refractivity contribution in [2.75, 3.05) is 13.2 Å². The van der Waals surface area contributed by atoms with Crippen LogP contribution in [0.1, 0.15) is 85.6 Å². The molecule has 0 bridgehead atoms. The van der Waals surface area contributed by atoms with E-state index in [4.69, 9.17) is 28.4 Å². The van der Waals surface area contributed by atoms with E-state index < -0.39 is 66.2 Å². The standard InChI is InChI=1S/C29H41N2O11/c1-17(32)37-16-23-24(38-18(2)33)25(39-19(3)34)26(40-20(4)35)27(41-23)30-13-10-11-21(15-30)22-12-8-9-14-31(22)28(36)42-29(5,6)7/h10-11,13,15,22-27H,8-9,12,14,16H2,1-7H3/q+1/t22?,23-,24-,25+,26-,27?/m1/s1. The third kappa shape index (κ3) is 8.88. The van der Waals surface area contributed by atoms with Gasteiger partial charge in [-0.2, -0.15) is 4.57 Å². The Morgan fingerprint density at radius 1 is 0.905 bits per heavy atom. The summed E-state index contributed by atoms with van der Waals surface area (Å²) < 4.78 is 35.4. The third-order valence-corrected chi connectivity index (χ3v) is 6.62. The number of amides is 1. The lowest BCUT2D eigenvalue weighted by Gasteiger charge is -2.42. The van der Waals surface area contributed by atoms with Gasteiger partial charge < -0.3 is 33.3 Å². The van der Waals surface area contributed by atoms with E-state index in [2.05, 4.69) is 0 Å². The number of likely N-dealkylation sites (tertiary alicyclic amines) is 1. The number of carbonyl (C=O) groups excluding carboxylic acids is 5. The lowest BCUT2D eigenvalue weighted by molar-refractivity contribution is -0.778. The van der Waals surface area contributed by atoms with Crippen molar-refractivity contribution in [3.63, 3.8) is 0 Å². The molecule has 1 aromatic heterocycles. The average molecular weight is 594 g/mol. The smallest absolute Gasteiger partial charge is 0.410 e. The van der Waals surface area contributed by atoms with Gasteiger partial charge in [0.25, 0.3) is 0 Å². The van der Waals surface area contributed by atoms with Gasteiger partial charge in [0.15, 0.2) is 24.6 Å². The normalized spacial score (nSPS) is 26.0. The molecule has 2 aliphatic rings. The fourth-order valence-corrected chi connectivity index (χ4v) is 5.13. The Hall–Kier alpha value is -3.74. The van der Waals surface area contributed by atoms with Crippen LogP contribution in [0.2, 0.25) is 0 Å². The van der Waals surface area contributed by atoms with Crippen molar-refractivity contribution in [1.29, 1.82) is 0 Å². The number of pyridine rings is 1. The second-order valence-corrected chi connectivity index (χ2v) is 11.4. The number of esters is 4. The summed E-state index contributed by atoms with van der Waals surface area (Å²) in [5, 5.41) is 0. The molecule has 3 heterocycles. The van der Waals surface area contributed by atoms with Crippen molar-refractivity contribution in [2.24, 2.45) is 0 Å². The zero-order chi connectivity index (χ0) is 31.2. The summed E-state index contributed by atoms with van der Waals surface area (Å²) in [6.07, 6.45) is -0.531. The van der Waals surface area contributed by atoms with Crippen molar-refractivity contribution in [1.82, 2.24) is 4.90 Å². The topological polar surface area (TPSA) is 148 Å². The molecule has 13 heteroatoms. The summed E-state index contributed by atoms with van der Waals surface area (Å²) in [5.41, 5.74) is 0.111. The maximum atomic E-state index is 13.1. The first-order chi connectivity index (χ1) is 19.7. The molecular formula is C29H41N2O11+. The van der Waals surface area contributed by atoms with Gasteiger partial charge in [-0.05, 0) is 46.1 Å². The number of aromatic nitrogens is 1. The predicted octanol–water partition coefficient (Wildman–Crippen LogP) is 2.69. The van der Waals surface area contributed by atoms with Crippen molar-refractivity contribution in [3.05, 3.63) is 30.1 Å². The van der Waals surface area contributed by atoms with Crippen LogP contribution in [0, 0.1) is 0 Å². The van der Waals surface area contributed by atoms with Gasteiger partial charge in [0.05, 0.1) is 6.04 Å². The van der Waals surface area contributed by atoms with E-state index in [0.29, 0.717) is 13.0 Å². The van der Waals surface area contributed by atoms with Crippen molar-refractivity contribution in [2.45, 2.75) is 110 Å². The Morgan fingerprint density at radius 3 is 2.12 bits per heavy atom. The van der Waals surface area contributed by atoms with E-state index >= 15 is 0 Å². The van der Waals surface area contributed by atoms with E-state index in [1.165, 1.54) is 27.7 Å². The van der Waals surface area contributed by atoms with Gasteiger partial charge in [-0.15, -0.1) is 0 Å². The molecule has 2 fully saturated rings. The molecule has 1 amide bonds. The van der Waals surface area contributed by atoms with Crippen LogP contribution in [0.25, 0.3) is 0 Å². The number of hydrogen-bond acceptors (Lipinski definition) is 11. The minimum absolute atomic E-state index is 0.299. The van der Waals surface area contributed by atoms with Crippen LogP contribution in [-0.4, -0.2) is 78.0 Å². The maximum Gasteiger partial charge on any atom is 0.410 e. The minimum Gasteiger partial charge on any atom is -0.463 e. The van der Waals surface area contributed by atoms with Crippen LogP contribution >= 0.6 is 0 Å². The largest absolute Gasteiger partial charge is 0.463 e. The molecule has 0 aliphatic carbocycles. The van der Waals surface area contributed by atoms with Gasteiger partial charge in [-0.25, -0.2) is 4.79 Å². The van der Waals surface area contributed by atoms with Crippen LogP contribution in [0.15, 0.2) is 24.5 Å². The van der Waals surface area contributed by atoms with E-state index in [-0.39, 0.29) is 12.6 Å². The van der Waals surface area contributed by atoms with Gasteiger partial charge in [0.2, 0.25) is 6.10 Å². The number of ether oxygens (including phenoxy) is 6. The van der Waals surface area contributed by atoms with Gasteiger partial charge in [0, 0.05) is 45.9 Å². The van der Waals surface area contributed by atoms with Crippen LogP contribution in [0.5, 0.6) is 0 Å². The van der Waals surface area contributed by atoms with Crippen LogP contribution in [0.3, 0.4) is 0 Å². The first kappa shape index (κ1) is 32.8. The molecule has 232 valence electrons. The lowest BCUT2D eigenvalue weighted by Crippen LogP contribution is -2.65. The molecule has 2 saturated heterocycles. The SMILES string of the molecule is CC(=O)OC[C@H]1OC([n+]2cccc(C3CCCCN3C(=O)OC(C)(C)C)c2)[C@H](OC(C)=O)[C@@H](OC(C)=O)[C@@H]1OC(C)=O. The van der Waals surface area contributed by atoms with Crippen molar-refractivity contribution in [3.8, 4) is 0 Å². The third-order valence-electron chi connectivity index (χ3n) is 6.62. The minimum atomic E-state index is -1.29. The Bertz CT molecular complexity index is 1160. The second kappa shape index (κ2) is 14.0. The summed E-state index contributed by atoms with van der Waals surface area (Å²) in [6, 6.07) is 3.33. The highest BCUT2D eigenvalue weighted by atomic mass is 16.7. The van der Waals surface area contributed by atoms with E-state index in [0.717, 1.165) is 18.4 Å². The first-order valence-corrected chi connectivity index (χ1v) is 14.0. The van der Waals surface area contributed by atoms with Crippen molar-refractivity contribution < 1.29 is 57.0 Å². The molecule has 2 unspecified atom stereocenters. The van der Waals surface area contributed by atoms with Gasteiger partial charge in [-0.3, -0.25) is 19.2 Å². The highest BCUT2D eigenvalue weighted by Gasteiger charge is 2.56. The molecule has 13 nitrogen and oxygen atoms in total. The fourth-order valence-electron chi connectivity index (χ4n) is 5.13. The summed E-state index contributed by atoms with van der Waals surface area (Å²) in [7, 11) is 0. The number of carbonyl (C=O) groups is 5.